The summed E-state index contributed by atoms with van der Waals surface area (Å²) in [6.45, 7) is 1.80. The number of rotatable bonds is 4. The molecule has 0 aromatic heterocycles. The molecule has 1 unspecified atom stereocenters. The van der Waals surface area contributed by atoms with Crippen LogP contribution in [0.15, 0.2) is 42.5 Å². The van der Waals surface area contributed by atoms with E-state index in [0.29, 0.717) is 12.8 Å². The summed E-state index contributed by atoms with van der Waals surface area (Å²) in [6, 6.07) is 11.5. The average Bonchev–Trinajstić information content (AvgIpc) is 2.45. The van der Waals surface area contributed by atoms with E-state index in [0.717, 1.165) is 11.6 Å². The van der Waals surface area contributed by atoms with E-state index in [-0.39, 0.29) is 5.56 Å². The van der Waals surface area contributed by atoms with Gasteiger partial charge in [0.05, 0.1) is 0 Å². The number of hydrogen-bond donors (Lipinski definition) is 1. The molecule has 0 heterocycles. The van der Waals surface area contributed by atoms with Crippen LogP contribution in [0.1, 0.15) is 24.5 Å². The zero-order chi connectivity index (χ0) is 14.8. The Bertz CT molecular complexity index is 598. The molecule has 0 saturated carbocycles. The van der Waals surface area contributed by atoms with E-state index in [4.69, 9.17) is 5.73 Å². The van der Waals surface area contributed by atoms with Crippen LogP contribution < -0.4 is 5.73 Å². The fourth-order valence-electron chi connectivity index (χ4n) is 2.28. The number of benzene rings is 2. The highest BCUT2D eigenvalue weighted by Gasteiger charge is 2.31. The summed E-state index contributed by atoms with van der Waals surface area (Å²) in [5.74, 6) is -3.88. The van der Waals surface area contributed by atoms with Gasteiger partial charge in [-0.1, -0.05) is 43.3 Å². The van der Waals surface area contributed by atoms with Crippen molar-refractivity contribution < 1.29 is 13.2 Å². The van der Waals surface area contributed by atoms with E-state index in [1.54, 1.807) is 6.92 Å². The molecular weight excluding hydrogens is 263 g/mol. The molecule has 4 heteroatoms. The molecule has 0 aliphatic rings. The maximum absolute atomic E-state index is 14.0. The Labute approximate surface area is 116 Å². The maximum atomic E-state index is 14.0. The molecular formula is C16H16F3N. The molecule has 2 aromatic rings. The van der Waals surface area contributed by atoms with Crippen LogP contribution in [-0.2, 0) is 12.0 Å². The predicted octanol–water partition coefficient (Wildman–Crippen LogP) is 3.91. The predicted molar refractivity (Wildman–Crippen MR) is 72.6 cm³/mol. The zero-order valence-corrected chi connectivity index (χ0v) is 11.2. The van der Waals surface area contributed by atoms with Gasteiger partial charge in [0.15, 0.2) is 17.5 Å². The van der Waals surface area contributed by atoms with Gasteiger partial charge in [-0.15, -0.1) is 0 Å². The Hall–Kier alpha value is -1.81. The molecule has 0 spiro atoms. The van der Waals surface area contributed by atoms with Gasteiger partial charge in [0.25, 0.3) is 0 Å². The summed E-state index contributed by atoms with van der Waals surface area (Å²) < 4.78 is 40.4. The molecule has 0 aliphatic heterocycles. The van der Waals surface area contributed by atoms with Gasteiger partial charge in [-0.05, 0) is 24.5 Å². The van der Waals surface area contributed by atoms with Gasteiger partial charge >= 0.3 is 0 Å². The highest BCUT2D eigenvalue weighted by atomic mass is 19.2. The molecule has 0 aliphatic carbocycles. The van der Waals surface area contributed by atoms with Gasteiger partial charge in [-0.2, -0.15) is 0 Å². The van der Waals surface area contributed by atoms with Gasteiger partial charge in [0, 0.05) is 11.1 Å². The van der Waals surface area contributed by atoms with Crippen LogP contribution in [0.3, 0.4) is 0 Å². The van der Waals surface area contributed by atoms with E-state index in [2.05, 4.69) is 0 Å². The molecule has 0 radical (unpaired) electrons. The van der Waals surface area contributed by atoms with Crippen molar-refractivity contribution in [1.82, 2.24) is 0 Å². The first-order valence-electron chi connectivity index (χ1n) is 6.44. The lowest BCUT2D eigenvalue weighted by atomic mass is 9.82. The van der Waals surface area contributed by atoms with Crippen molar-refractivity contribution in [3.05, 3.63) is 71.0 Å². The number of halogens is 3. The molecule has 1 nitrogen and oxygen atoms in total. The van der Waals surface area contributed by atoms with Crippen molar-refractivity contribution in [3.63, 3.8) is 0 Å². The van der Waals surface area contributed by atoms with Crippen molar-refractivity contribution >= 4 is 0 Å². The second-order valence-corrected chi connectivity index (χ2v) is 4.89. The largest absolute Gasteiger partial charge is 0.321 e. The highest BCUT2D eigenvalue weighted by Crippen LogP contribution is 2.30. The summed E-state index contributed by atoms with van der Waals surface area (Å²) in [5.41, 5.74) is 6.09. The minimum absolute atomic E-state index is 0.00255. The average molecular weight is 279 g/mol. The van der Waals surface area contributed by atoms with Crippen LogP contribution in [-0.4, -0.2) is 0 Å². The summed E-state index contributed by atoms with van der Waals surface area (Å²) in [5, 5.41) is 0. The topological polar surface area (TPSA) is 26.0 Å². The molecule has 0 bridgehead atoms. The third-order valence-electron chi connectivity index (χ3n) is 3.56. The number of hydrogen-bond acceptors (Lipinski definition) is 1. The first-order valence-corrected chi connectivity index (χ1v) is 6.44. The molecule has 106 valence electrons. The normalized spacial score (nSPS) is 14.1. The summed E-state index contributed by atoms with van der Waals surface area (Å²) in [7, 11) is 0. The van der Waals surface area contributed by atoms with Crippen LogP contribution in [0.2, 0.25) is 0 Å². The molecule has 1 atom stereocenters. The lowest BCUT2D eigenvalue weighted by Crippen LogP contribution is -2.39. The lowest BCUT2D eigenvalue weighted by molar-refractivity contribution is 0.376. The molecule has 0 amide bonds. The molecule has 2 aromatic carbocycles. The van der Waals surface area contributed by atoms with Gasteiger partial charge in [0.1, 0.15) is 0 Å². The minimum atomic E-state index is -1.47. The smallest absolute Gasteiger partial charge is 0.194 e. The molecule has 20 heavy (non-hydrogen) atoms. The lowest BCUT2D eigenvalue weighted by Gasteiger charge is -2.29. The molecule has 2 rings (SSSR count). The Kier molecular flexibility index (Phi) is 4.14. The molecule has 0 saturated heterocycles. The van der Waals surface area contributed by atoms with Gasteiger partial charge < -0.3 is 5.73 Å². The number of nitrogens with two attached hydrogens (primary N) is 1. The van der Waals surface area contributed by atoms with Crippen LogP contribution in [0.5, 0.6) is 0 Å². The van der Waals surface area contributed by atoms with Gasteiger partial charge in [-0.25, -0.2) is 13.2 Å². The standard InChI is InChI=1S/C16H16F3N/c1-2-16(20,10-11-6-4-3-5-7-11)12-8-9-13(17)15(19)14(12)18/h3-9H,2,10,20H2,1H3. The Balaban J connectivity index is 2.43. The zero-order valence-electron chi connectivity index (χ0n) is 11.2. The Morgan fingerprint density at radius 2 is 1.60 bits per heavy atom. The molecule has 2 N–H and O–H groups in total. The van der Waals surface area contributed by atoms with Crippen molar-refractivity contribution in [1.29, 1.82) is 0 Å². The van der Waals surface area contributed by atoms with Gasteiger partial charge in [-0.3, -0.25) is 0 Å². The van der Waals surface area contributed by atoms with E-state index in [1.165, 1.54) is 6.07 Å². The quantitative estimate of drug-likeness (QED) is 0.844. The van der Waals surface area contributed by atoms with Crippen LogP contribution in [0.4, 0.5) is 13.2 Å². The Morgan fingerprint density at radius 1 is 0.950 bits per heavy atom. The molecule has 0 fully saturated rings. The van der Waals surface area contributed by atoms with Crippen LogP contribution in [0, 0.1) is 17.5 Å². The Morgan fingerprint density at radius 3 is 2.20 bits per heavy atom. The van der Waals surface area contributed by atoms with E-state index < -0.39 is 23.0 Å². The monoisotopic (exact) mass is 279 g/mol. The third kappa shape index (κ3) is 2.70. The third-order valence-corrected chi connectivity index (χ3v) is 3.56. The fourth-order valence-corrected chi connectivity index (χ4v) is 2.28. The van der Waals surface area contributed by atoms with Crippen molar-refractivity contribution in [2.45, 2.75) is 25.3 Å². The fraction of sp³-hybridized carbons (Fsp3) is 0.250. The summed E-state index contributed by atoms with van der Waals surface area (Å²) >= 11 is 0. The van der Waals surface area contributed by atoms with Crippen molar-refractivity contribution in [2.24, 2.45) is 5.73 Å². The van der Waals surface area contributed by atoms with Crippen LogP contribution in [0.25, 0.3) is 0 Å². The minimum Gasteiger partial charge on any atom is -0.321 e. The maximum Gasteiger partial charge on any atom is 0.194 e. The second kappa shape index (κ2) is 5.67. The van der Waals surface area contributed by atoms with Crippen LogP contribution >= 0.6 is 0 Å². The SMILES string of the molecule is CCC(N)(Cc1ccccc1)c1ccc(F)c(F)c1F. The summed E-state index contributed by atoms with van der Waals surface area (Å²) in [4.78, 5) is 0. The van der Waals surface area contributed by atoms with E-state index in [1.807, 2.05) is 30.3 Å². The second-order valence-electron chi connectivity index (χ2n) is 4.89. The van der Waals surface area contributed by atoms with Crippen molar-refractivity contribution in [3.8, 4) is 0 Å². The van der Waals surface area contributed by atoms with Gasteiger partial charge in [0.2, 0.25) is 0 Å². The van der Waals surface area contributed by atoms with E-state index in [9.17, 15) is 13.2 Å². The van der Waals surface area contributed by atoms with E-state index >= 15 is 0 Å². The van der Waals surface area contributed by atoms with Crippen molar-refractivity contribution in [2.75, 3.05) is 0 Å². The first kappa shape index (κ1) is 14.6. The summed E-state index contributed by atoms with van der Waals surface area (Å²) in [6.07, 6.45) is 0.760. The highest BCUT2D eigenvalue weighted by molar-refractivity contribution is 5.30. The first-order chi connectivity index (χ1) is 9.48.